The molecule has 1 N–H and O–H groups in total. The number of rotatable bonds is 8. The van der Waals surface area contributed by atoms with Crippen molar-refractivity contribution < 1.29 is 32.3 Å². The minimum Gasteiger partial charge on any atom is -0.444 e. The molecule has 13 heteroatoms. The average molecular weight is 717 g/mol. The van der Waals surface area contributed by atoms with Crippen LogP contribution in [0.2, 0.25) is 0 Å². The molecule has 52 heavy (non-hydrogen) atoms. The normalized spacial score (nSPS) is 18.3. The van der Waals surface area contributed by atoms with Gasteiger partial charge in [-0.1, -0.05) is 42.5 Å². The van der Waals surface area contributed by atoms with Crippen molar-refractivity contribution >= 4 is 23.7 Å². The molecule has 4 aromatic rings. The fourth-order valence-electron chi connectivity index (χ4n) is 6.76. The molecule has 1 fully saturated rings. The van der Waals surface area contributed by atoms with Crippen LogP contribution >= 0.6 is 0 Å². The van der Waals surface area contributed by atoms with Gasteiger partial charge in [0, 0.05) is 68.8 Å². The summed E-state index contributed by atoms with van der Waals surface area (Å²) in [6.45, 7) is 10.6. The fraction of sp³-hybridized carbons (Fsp3) is 0.385. The van der Waals surface area contributed by atoms with E-state index < -0.39 is 41.1 Å². The van der Waals surface area contributed by atoms with E-state index in [0.29, 0.717) is 61.0 Å². The van der Waals surface area contributed by atoms with Crippen molar-refractivity contribution in [3.63, 3.8) is 0 Å². The third-order valence-electron chi connectivity index (χ3n) is 9.27. The molecule has 2 atom stereocenters. The molecular formula is C39H43F3N6O4. The fourth-order valence-corrected chi connectivity index (χ4v) is 6.76. The van der Waals surface area contributed by atoms with Gasteiger partial charge in [0.2, 0.25) is 0 Å². The molecule has 0 aliphatic carbocycles. The van der Waals surface area contributed by atoms with Crippen LogP contribution in [0.25, 0.3) is 5.69 Å². The summed E-state index contributed by atoms with van der Waals surface area (Å²) in [5.41, 5.74) is 1.61. The number of carbonyl (C=O) groups is 3. The second-order valence-electron chi connectivity index (χ2n) is 14.2. The molecular weight excluding hydrogens is 673 g/mol. The van der Waals surface area contributed by atoms with Crippen LogP contribution in [0, 0.1) is 5.82 Å². The van der Waals surface area contributed by atoms with E-state index in [4.69, 9.17) is 9.84 Å². The molecule has 1 saturated heterocycles. The molecule has 10 nitrogen and oxygen atoms in total. The van der Waals surface area contributed by atoms with Gasteiger partial charge in [0.05, 0.1) is 11.4 Å². The molecule has 6 rings (SSSR count). The van der Waals surface area contributed by atoms with Crippen molar-refractivity contribution in [2.75, 3.05) is 37.6 Å². The number of nitrogens with zero attached hydrogens (tertiary/aromatic N) is 5. The van der Waals surface area contributed by atoms with E-state index >= 15 is 0 Å². The second kappa shape index (κ2) is 14.5. The topological polar surface area (TPSA) is 100 Å². The van der Waals surface area contributed by atoms with Crippen LogP contribution in [0.3, 0.4) is 0 Å². The van der Waals surface area contributed by atoms with Gasteiger partial charge in [0.15, 0.2) is 0 Å². The van der Waals surface area contributed by atoms with E-state index in [1.807, 2.05) is 58.0 Å². The Kier molecular flexibility index (Phi) is 10.2. The number of benzene rings is 3. The molecule has 2 aliphatic rings. The lowest BCUT2D eigenvalue weighted by Gasteiger charge is -2.39. The van der Waals surface area contributed by atoms with Crippen molar-refractivity contribution in [2.45, 2.75) is 64.6 Å². The van der Waals surface area contributed by atoms with Gasteiger partial charge in [-0.15, -0.1) is 0 Å². The standard InChI is InChI=1S/C39H43F3N6O4/c1-6-47-35-32(30(44-48(35)29-13-8-7-9-14-29)24-45-19-21-46(22-20-45)37(51)52-38(2,3)4)31(25-15-17-28(40)18-16-25)33(36(47)50)43-34(49)26-11-10-12-27(23-26)39(5,41)42/h7-18,23,31,33H,6,19-22,24H2,1-5H3,(H,43,49). The number of ether oxygens (including phenoxy) is 1. The highest BCUT2D eigenvalue weighted by Crippen LogP contribution is 2.44. The van der Waals surface area contributed by atoms with Gasteiger partial charge in [-0.05, 0) is 69.7 Å². The first-order valence-electron chi connectivity index (χ1n) is 17.4. The van der Waals surface area contributed by atoms with E-state index in [2.05, 4.69) is 10.2 Å². The van der Waals surface area contributed by atoms with Crippen LogP contribution in [0.5, 0.6) is 0 Å². The number of aromatic nitrogens is 2. The second-order valence-corrected chi connectivity index (χ2v) is 14.2. The Bertz CT molecular complexity index is 1930. The largest absolute Gasteiger partial charge is 0.444 e. The van der Waals surface area contributed by atoms with Crippen molar-refractivity contribution in [1.29, 1.82) is 0 Å². The summed E-state index contributed by atoms with van der Waals surface area (Å²) in [7, 11) is 0. The van der Waals surface area contributed by atoms with Gasteiger partial charge in [-0.2, -0.15) is 5.10 Å². The number of alkyl halides is 2. The van der Waals surface area contributed by atoms with Crippen LogP contribution < -0.4 is 10.2 Å². The van der Waals surface area contributed by atoms with Gasteiger partial charge >= 0.3 is 6.09 Å². The summed E-state index contributed by atoms with van der Waals surface area (Å²) in [5, 5.41) is 7.97. The smallest absolute Gasteiger partial charge is 0.410 e. The molecule has 1 aromatic heterocycles. The highest BCUT2D eigenvalue weighted by Gasteiger charge is 2.46. The highest BCUT2D eigenvalue weighted by atomic mass is 19.3. The summed E-state index contributed by atoms with van der Waals surface area (Å²) in [6.07, 6.45) is -0.377. The van der Waals surface area contributed by atoms with Gasteiger partial charge in [-0.25, -0.2) is 22.6 Å². The van der Waals surface area contributed by atoms with E-state index in [1.54, 1.807) is 26.6 Å². The molecule has 2 unspecified atom stereocenters. The van der Waals surface area contributed by atoms with E-state index in [-0.39, 0.29) is 23.8 Å². The number of fused-ring (bicyclic) bond motifs is 1. The Hall–Kier alpha value is -5.17. The number of piperazine rings is 1. The molecule has 0 saturated carbocycles. The van der Waals surface area contributed by atoms with Crippen LogP contribution in [0.1, 0.15) is 73.3 Å². The maximum atomic E-state index is 14.6. The number of amides is 3. The van der Waals surface area contributed by atoms with Crippen molar-refractivity contribution in [3.05, 3.63) is 113 Å². The number of halogens is 3. The number of hydrogen-bond acceptors (Lipinski definition) is 6. The van der Waals surface area contributed by atoms with Crippen LogP contribution in [-0.4, -0.2) is 81.9 Å². The first kappa shape index (κ1) is 36.6. The van der Waals surface area contributed by atoms with Crippen molar-refractivity contribution in [2.24, 2.45) is 0 Å². The molecule has 0 radical (unpaired) electrons. The lowest BCUT2D eigenvalue weighted by Crippen LogP contribution is -2.55. The lowest BCUT2D eigenvalue weighted by molar-refractivity contribution is -0.121. The first-order chi connectivity index (χ1) is 24.6. The van der Waals surface area contributed by atoms with Gasteiger partial charge in [0.25, 0.3) is 17.7 Å². The zero-order valence-corrected chi connectivity index (χ0v) is 29.9. The lowest BCUT2D eigenvalue weighted by atomic mass is 9.80. The quantitative estimate of drug-likeness (QED) is 0.225. The Labute approximate surface area is 301 Å². The van der Waals surface area contributed by atoms with Crippen LogP contribution in [0.4, 0.5) is 23.8 Å². The molecule has 3 amide bonds. The van der Waals surface area contributed by atoms with E-state index in [9.17, 15) is 27.6 Å². The number of nitrogens with one attached hydrogen (secondary N) is 1. The number of hydrogen-bond donors (Lipinski definition) is 1. The molecule has 274 valence electrons. The summed E-state index contributed by atoms with van der Waals surface area (Å²) in [6, 6.07) is 19.1. The van der Waals surface area contributed by atoms with Crippen molar-refractivity contribution in [3.8, 4) is 5.69 Å². The summed E-state index contributed by atoms with van der Waals surface area (Å²) in [5.74, 6) is -5.08. The van der Waals surface area contributed by atoms with Gasteiger partial charge < -0.3 is 15.0 Å². The number of para-hydroxylation sites is 1. The SMILES string of the molecule is CCN1C(=O)C(NC(=O)c2cccc(C(C)(F)F)c2)C(c2ccc(F)cc2)c2c(CN3CCN(C(=O)OC(C)(C)C)CC3)nn(-c3ccccc3)c21. The maximum absolute atomic E-state index is 14.6. The zero-order chi connectivity index (χ0) is 37.4. The van der Waals surface area contributed by atoms with Crippen LogP contribution in [0.15, 0.2) is 78.9 Å². The van der Waals surface area contributed by atoms with Crippen molar-refractivity contribution in [1.82, 2.24) is 24.9 Å². The summed E-state index contributed by atoms with van der Waals surface area (Å²) >= 11 is 0. The monoisotopic (exact) mass is 716 g/mol. The Morgan fingerprint density at radius 2 is 1.60 bits per heavy atom. The number of anilines is 1. The summed E-state index contributed by atoms with van der Waals surface area (Å²) in [4.78, 5) is 46.6. The first-order valence-corrected chi connectivity index (χ1v) is 17.4. The number of carbonyl (C=O) groups excluding carboxylic acids is 3. The maximum Gasteiger partial charge on any atom is 0.410 e. The minimum absolute atomic E-state index is 0.0263. The molecule has 0 bridgehead atoms. The molecule has 3 heterocycles. The Morgan fingerprint density at radius 3 is 2.21 bits per heavy atom. The minimum atomic E-state index is -3.18. The molecule has 2 aliphatic heterocycles. The Morgan fingerprint density at radius 1 is 0.923 bits per heavy atom. The highest BCUT2D eigenvalue weighted by molar-refractivity contribution is 6.05. The summed E-state index contributed by atoms with van der Waals surface area (Å²) < 4.78 is 50.1. The molecule has 0 spiro atoms. The third-order valence-corrected chi connectivity index (χ3v) is 9.27. The van der Waals surface area contributed by atoms with Gasteiger partial charge in [-0.3, -0.25) is 19.4 Å². The third kappa shape index (κ3) is 7.69. The van der Waals surface area contributed by atoms with E-state index in [1.165, 1.54) is 30.3 Å². The Balaban J connectivity index is 1.43. The zero-order valence-electron chi connectivity index (χ0n) is 29.9. The van der Waals surface area contributed by atoms with E-state index in [0.717, 1.165) is 13.0 Å². The average Bonchev–Trinajstić information content (AvgIpc) is 3.47. The number of likely N-dealkylation sites (N-methyl/N-ethyl adjacent to an activating group) is 1. The predicted molar refractivity (Wildman–Crippen MR) is 190 cm³/mol. The van der Waals surface area contributed by atoms with Gasteiger partial charge in [0.1, 0.15) is 23.3 Å². The van der Waals surface area contributed by atoms with Crippen LogP contribution in [-0.2, 0) is 22.0 Å². The predicted octanol–water partition coefficient (Wildman–Crippen LogP) is 6.47. The molecule has 3 aromatic carbocycles.